The Morgan fingerprint density at radius 3 is 2.94 bits per heavy atom. The minimum Gasteiger partial charge on any atom is -0.298 e. The molecular weight excluding hydrogens is 231 g/mol. The average molecular weight is 239 g/mol. The topological polar surface area (TPSA) is 34.9 Å². The first-order valence-corrected chi connectivity index (χ1v) is 4.99. The molecular formula is C11H8ClFN2O. The molecule has 82 valence electrons. The Bertz CT molecular complexity index is 504. The van der Waals surface area contributed by atoms with Crippen LogP contribution in [0.25, 0.3) is 0 Å². The van der Waals surface area contributed by atoms with E-state index in [0.29, 0.717) is 22.4 Å². The molecule has 0 aliphatic carbocycles. The zero-order valence-corrected chi connectivity index (χ0v) is 8.99. The van der Waals surface area contributed by atoms with Gasteiger partial charge in [-0.2, -0.15) is 5.10 Å². The molecule has 3 nitrogen and oxygen atoms in total. The number of hydrogen-bond acceptors (Lipinski definition) is 2. The van der Waals surface area contributed by atoms with Gasteiger partial charge in [-0.05, 0) is 12.1 Å². The van der Waals surface area contributed by atoms with Gasteiger partial charge < -0.3 is 0 Å². The summed E-state index contributed by atoms with van der Waals surface area (Å²) in [5.74, 6) is -0.379. The number of carbonyl (C=O) groups excluding carboxylic acids is 1. The highest BCUT2D eigenvalue weighted by atomic mass is 35.5. The van der Waals surface area contributed by atoms with E-state index >= 15 is 0 Å². The third kappa shape index (κ3) is 2.12. The summed E-state index contributed by atoms with van der Waals surface area (Å²) in [6.07, 6.45) is 3.64. The van der Waals surface area contributed by atoms with Crippen molar-refractivity contribution in [3.8, 4) is 0 Å². The van der Waals surface area contributed by atoms with E-state index in [1.54, 1.807) is 12.1 Å². The van der Waals surface area contributed by atoms with Crippen LogP contribution in [0.2, 0.25) is 5.02 Å². The lowest BCUT2D eigenvalue weighted by atomic mass is 10.2. The lowest BCUT2D eigenvalue weighted by Crippen LogP contribution is -2.03. The van der Waals surface area contributed by atoms with Crippen LogP contribution in [-0.4, -0.2) is 16.1 Å². The van der Waals surface area contributed by atoms with Crippen molar-refractivity contribution >= 4 is 17.9 Å². The summed E-state index contributed by atoms with van der Waals surface area (Å²) >= 11 is 5.87. The van der Waals surface area contributed by atoms with E-state index < -0.39 is 0 Å². The van der Waals surface area contributed by atoms with Gasteiger partial charge in [-0.25, -0.2) is 4.39 Å². The third-order valence-electron chi connectivity index (χ3n) is 2.17. The Kier molecular flexibility index (Phi) is 3.01. The van der Waals surface area contributed by atoms with E-state index in [4.69, 9.17) is 11.6 Å². The Hall–Kier alpha value is -1.68. The number of benzene rings is 1. The first-order valence-electron chi connectivity index (χ1n) is 4.61. The largest absolute Gasteiger partial charge is 0.298 e. The van der Waals surface area contributed by atoms with E-state index in [9.17, 15) is 9.18 Å². The van der Waals surface area contributed by atoms with Crippen LogP contribution in [0.4, 0.5) is 4.39 Å². The number of rotatable bonds is 3. The summed E-state index contributed by atoms with van der Waals surface area (Å²) in [6.45, 7) is 0.208. The molecule has 1 aromatic carbocycles. The first kappa shape index (κ1) is 10.8. The molecule has 0 fully saturated rings. The summed E-state index contributed by atoms with van der Waals surface area (Å²) < 4.78 is 14.9. The number of nitrogens with zero attached hydrogens (tertiary/aromatic N) is 2. The SMILES string of the molecule is O=Cc1cnn(Cc2c(F)cccc2Cl)c1. The molecule has 2 rings (SSSR count). The molecule has 1 heterocycles. The highest BCUT2D eigenvalue weighted by Gasteiger charge is 2.08. The van der Waals surface area contributed by atoms with Crippen LogP contribution in [0, 0.1) is 5.82 Å². The van der Waals surface area contributed by atoms with Crippen molar-refractivity contribution in [2.24, 2.45) is 0 Å². The summed E-state index contributed by atoms with van der Waals surface area (Å²) in [4.78, 5) is 10.5. The van der Waals surface area contributed by atoms with Gasteiger partial charge in [0.25, 0.3) is 0 Å². The van der Waals surface area contributed by atoms with Crippen molar-refractivity contribution < 1.29 is 9.18 Å². The van der Waals surface area contributed by atoms with Crippen LogP contribution >= 0.6 is 11.6 Å². The maximum atomic E-state index is 13.4. The summed E-state index contributed by atoms with van der Waals surface area (Å²) in [7, 11) is 0. The van der Waals surface area contributed by atoms with Gasteiger partial charge in [0.1, 0.15) is 5.82 Å². The summed E-state index contributed by atoms with van der Waals surface area (Å²) in [5.41, 5.74) is 0.817. The monoisotopic (exact) mass is 238 g/mol. The van der Waals surface area contributed by atoms with Crippen molar-refractivity contribution in [1.82, 2.24) is 9.78 Å². The molecule has 0 atom stereocenters. The number of aromatic nitrogens is 2. The highest BCUT2D eigenvalue weighted by Crippen LogP contribution is 2.19. The predicted octanol–water partition coefficient (Wildman–Crippen LogP) is 2.54. The van der Waals surface area contributed by atoms with Crippen molar-refractivity contribution in [3.63, 3.8) is 0 Å². The Morgan fingerprint density at radius 1 is 1.50 bits per heavy atom. The summed E-state index contributed by atoms with van der Waals surface area (Å²) in [6, 6.07) is 4.50. The van der Waals surface area contributed by atoms with E-state index in [2.05, 4.69) is 5.10 Å². The number of carbonyl (C=O) groups is 1. The van der Waals surface area contributed by atoms with Gasteiger partial charge in [0.2, 0.25) is 0 Å². The van der Waals surface area contributed by atoms with E-state index in [0.717, 1.165) is 0 Å². The van der Waals surface area contributed by atoms with Gasteiger partial charge in [-0.3, -0.25) is 9.48 Å². The fourth-order valence-electron chi connectivity index (χ4n) is 1.37. The van der Waals surface area contributed by atoms with Crippen molar-refractivity contribution in [2.45, 2.75) is 6.54 Å². The molecule has 0 aliphatic heterocycles. The van der Waals surface area contributed by atoms with Crippen LogP contribution in [-0.2, 0) is 6.54 Å². The van der Waals surface area contributed by atoms with Gasteiger partial charge >= 0.3 is 0 Å². The molecule has 2 aromatic rings. The van der Waals surface area contributed by atoms with Gasteiger partial charge in [0.15, 0.2) is 6.29 Å². The maximum Gasteiger partial charge on any atom is 0.153 e. The number of halogens is 2. The van der Waals surface area contributed by atoms with Gasteiger partial charge in [-0.15, -0.1) is 0 Å². The normalized spacial score (nSPS) is 10.4. The number of hydrogen-bond donors (Lipinski definition) is 0. The van der Waals surface area contributed by atoms with Crippen LogP contribution < -0.4 is 0 Å². The Labute approximate surface area is 96.5 Å². The zero-order chi connectivity index (χ0) is 11.5. The van der Waals surface area contributed by atoms with Crippen molar-refractivity contribution in [1.29, 1.82) is 0 Å². The first-order chi connectivity index (χ1) is 7.70. The minimum absolute atomic E-state index is 0.208. The molecule has 0 radical (unpaired) electrons. The van der Waals surface area contributed by atoms with E-state index in [1.165, 1.54) is 23.1 Å². The van der Waals surface area contributed by atoms with Crippen molar-refractivity contribution in [2.75, 3.05) is 0 Å². The minimum atomic E-state index is -0.379. The second kappa shape index (κ2) is 4.45. The molecule has 16 heavy (non-hydrogen) atoms. The molecule has 0 N–H and O–H groups in total. The Balaban J connectivity index is 2.29. The molecule has 0 spiro atoms. The molecule has 1 aromatic heterocycles. The van der Waals surface area contributed by atoms with Gasteiger partial charge in [0, 0.05) is 16.8 Å². The predicted molar refractivity (Wildman–Crippen MR) is 58.1 cm³/mol. The van der Waals surface area contributed by atoms with Crippen LogP contribution in [0.1, 0.15) is 15.9 Å². The molecule has 5 heteroatoms. The average Bonchev–Trinajstić information content (AvgIpc) is 2.71. The molecule has 0 unspecified atom stereocenters. The fourth-order valence-corrected chi connectivity index (χ4v) is 1.60. The van der Waals surface area contributed by atoms with E-state index in [1.807, 2.05) is 0 Å². The third-order valence-corrected chi connectivity index (χ3v) is 2.53. The molecule has 0 saturated heterocycles. The lowest BCUT2D eigenvalue weighted by Gasteiger charge is -2.05. The van der Waals surface area contributed by atoms with Crippen LogP contribution in [0.5, 0.6) is 0 Å². The quantitative estimate of drug-likeness (QED) is 0.771. The smallest absolute Gasteiger partial charge is 0.153 e. The van der Waals surface area contributed by atoms with Crippen molar-refractivity contribution in [3.05, 3.63) is 52.6 Å². The Morgan fingerprint density at radius 2 is 2.31 bits per heavy atom. The maximum absolute atomic E-state index is 13.4. The second-order valence-corrected chi connectivity index (χ2v) is 3.70. The lowest BCUT2D eigenvalue weighted by molar-refractivity contribution is 0.112. The summed E-state index contributed by atoms with van der Waals surface area (Å²) in [5, 5.41) is 4.27. The van der Waals surface area contributed by atoms with Gasteiger partial charge in [0.05, 0.1) is 18.3 Å². The molecule has 0 bridgehead atoms. The molecule has 0 aliphatic rings. The standard InChI is InChI=1S/C11H8ClFN2O/c12-10-2-1-3-11(13)9(10)6-15-5-8(7-16)4-14-15/h1-5,7H,6H2. The van der Waals surface area contributed by atoms with E-state index in [-0.39, 0.29) is 12.4 Å². The van der Waals surface area contributed by atoms with Crippen LogP contribution in [0.3, 0.4) is 0 Å². The van der Waals surface area contributed by atoms with Crippen LogP contribution in [0.15, 0.2) is 30.6 Å². The molecule has 0 saturated carbocycles. The highest BCUT2D eigenvalue weighted by molar-refractivity contribution is 6.31. The van der Waals surface area contributed by atoms with Gasteiger partial charge in [-0.1, -0.05) is 17.7 Å². The fraction of sp³-hybridized carbons (Fsp3) is 0.0909. The molecule has 0 amide bonds. The zero-order valence-electron chi connectivity index (χ0n) is 8.23. The second-order valence-electron chi connectivity index (χ2n) is 3.29. The number of aldehydes is 1.